The molecular formula is C13H15FN4O. The molecule has 0 radical (unpaired) electrons. The number of nitrogens with two attached hydrogens (primary N) is 1. The van der Waals surface area contributed by atoms with Crippen LogP contribution >= 0.6 is 0 Å². The van der Waals surface area contributed by atoms with Crippen LogP contribution in [-0.4, -0.2) is 15.6 Å². The molecule has 3 N–H and O–H groups in total. The Morgan fingerprint density at radius 1 is 1.53 bits per heavy atom. The van der Waals surface area contributed by atoms with Crippen LogP contribution in [-0.2, 0) is 13.2 Å². The van der Waals surface area contributed by atoms with Gasteiger partial charge in [-0.3, -0.25) is 10.1 Å². The van der Waals surface area contributed by atoms with Gasteiger partial charge in [-0.2, -0.15) is 5.10 Å². The van der Waals surface area contributed by atoms with Crippen LogP contribution in [0.4, 0.5) is 4.39 Å². The van der Waals surface area contributed by atoms with Crippen LogP contribution in [0.25, 0.3) is 0 Å². The molecule has 100 valence electrons. The van der Waals surface area contributed by atoms with Crippen LogP contribution in [0.5, 0.6) is 5.75 Å². The summed E-state index contributed by atoms with van der Waals surface area (Å²) in [4.78, 5) is 0. The van der Waals surface area contributed by atoms with Crippen molar-refractivity contribution in [3.8, 4) is 5.75 Å². The molecular weight excluding hydrogens is 247 g/mol. The van der Waals surface area contributed by atoms with Crippen molar-refractivity contribution < 1.29 is 9.13 Å². The Morgan fingerprint density at radius 2 is 2.32 bits per heavy atom. The van der Waals surface area contributed by atoms with Crippen LogP contribution in [0.3, 0.4) is 0 Å². The van der Waals surface area contributed by atoms with Crippen molar-refractivity contribution in [3.05, 3.63) is 47.5 Å². The minimum Gasteiger partial charge on any atom is -0.486 e. The minimum absolute atomic E-state index is 0.134. The van der Waals surface area contributed by atoms with Gasteiger partial charge in [0.15, 0.2) is 11.6 Å². The quantitative estimate of drug-likeness (QED) is 0.638. The summed E-state index contributed by atoms with van der Waals surface area (Å²) in [5.41, 5.74) is 6.49. The molecule has 1 aromatic heterocycles. The summed E-state index contributed by atoms with van der Waals surface area (Å²) >= 11 is 0. The maximum atomic E-state index is 13.7. The summed E-state index contributed by atoms with van der Waals surface area (Å²) in [5, 5.41) is 11.3. The molecule has 0 fully saturated rings. The molecule has 5 nitrogen and oxygen atoms in total. The fourth-order valence-electron chi connectivity index (χ4n) is 1.60. The Bertz CT molecular complexity index is 594. The molecule has 2 rings (SSSR count). The number of nitrogens with one attached hydrogen (secondary N) is 1. The van der Waals surface area contributed by atoms with Crippen molar-refractivity contribution in [3.63, 3.8) is 0 Å². The second-order valence-electron chi connectivity index (χ2n) is 4.05. The zero-order valence-corrected chi connectivity index (χ0v) is 10.6. The summed E-state index contributed by atoms with van der Waals surface area (Å²) in [6.45, 7) is 3.01. The zero-order valence-electron chi connectivity index (χ0n) is 10.6. The van der Waals surface area contributed by atoms with Gasteiger partial charge in [0, 0.05) is 23.9 Å². The average molecular weight is 262 g/mol. The Labute approximate surface area is 110 Å². The summed E-state index contributed by atoms with van der Waals surface area (Å²) in [6, 6.07) is 4.21. The Hall–Kier alpha value is -2.37. The molecule has 0 spiro atoms. The molecule has 0 bridgehead atoms. The smallest absolute Gasteiger partial charge is 0.165 e. The molecule has 1 heterocycles. The summed E-state index contributed by atoms with van der Waals surface area (Å²) in [6.07, 6.45) is 3.53. The molecule has 0 aliphatic rings. The summed E-state index contributed by atoms with van der Waals surface area (Å²) in [5.74, 6) is -0.570. The van der Waals surface area contributed by atoms with Gasteiger partial charge in [0.2, 0.25) is 0 Å². The van der Waals surface area contributed by atoms with Gasteiger partial charge in [0.05, 0.1) is 6.20 Å². The number of hydrogen-bond acceptors (Lipinski definition) is 3. The van der Waals surface area contributed by atoms with Crippen molar-refractivity contribution >= 4 is 5.84 Å². The molecule has 0 amide bonds. The Balaban J connectivity index is 2.05. The number of aryl methyl sites for hydroxylation is 1. The summed E-state index contributed by atoms with van der Waals surface area (Å²) < 4.78 is 20.8. The predicted octanol–water partition coefficient (Wildman–Crippen LogP) is 1.91. The molecule has 6 heteroatoms. The van der Waals surface area contributed by atoms with Crippen LogP contribution in [0, 0.1) is 11.2 Å². The monoisotopic (exact) mass is 262 g/mol. The van der Waals surface area contributed by atoms with E-state index in [0.29, 0.717) is 5.56 Å². The van der Waals surface area contributed by atoms with Gasteiger partial charge in [-0.1, -0.05) is 0 Å². The predicted molar refractivity (Wildman–Crippen MR) is 69.6 cm³/mol. The molecule has 2 aromatic rings. The highest BCUT2D eigenvalue weighted by molar-refractivity contribution is 5.95. The highest BCUT2D eigenvalue weighted by Crippen LogP contribution is 2.19. The van der Waals surface area contributed by atoms with Gasteiger partial charge in [0.1, 0.15) is 12.4 Å². The van der Waals surface area contributed by atoms with Crippen molar-refractivity contribution in [1.82, 2.24) is 9.78 Å². The second-order valence-corrected chi connectivity index (χ2v) is 4.05. The topological polar surface area (TPSA) is 76.9 Å². The number of amidine groups is 1. The molecule has 1 aromatic carbocycles. The van der Waals surface area contributed by atoms with E-state index in [1.165, 1.54) is 12.1 Å². The number of aromatic nitrogens is 2. The lowest BCUT2D eigenvalue weighted by Crippen LogP contribution is -2.11. The van der Waals surface area contributed by atoms with Gasteiger partial charge < -0.3 is 10.5 Å². The Kier molecular flexibility index (Phi) is 3.79. The number of hydrogen-bond donors (Lipinski definition) is 2. The molecule has 0 unspecified atom stereocenters. The molecule has 0 aliphatic heterocycles. The van der Waals surface area contributed by atoms with E-state index in [9.17, 15) is 4.39 Å². The number of nitrogens with zero attached hydrogens (tertiary/aromatic N) is 2. The first kappa shape index (κ1) is 13.1. The van der Waals surface area contributed by atoms with E-state index in [1.807, 2.05) is 13.1 Å². The van der Waals surface area contributed by atoms with Crippen molar-refractivity contribution in [1.29, 1.82) is 5.41 Å². The molecule has 0 saturated heterocycles. The third kappa shape index (κ3) is 3.09. The second kappa shape index (κ2) is 5.51. The third-order valence-corrected chi connectivity index (χ3v) is 2.65. The number of nitrogen functional groups attached to an aromatic ring is 1. The molecule has 0 aliphatic carbocycles. The standard InChI is InChI=1S/C13H15FN4O/c1-2-18-7-9(6-17-18)8-19-12-4-3-10(13(15)16)5-11(12)14/h3-7H,2,8H2,1H3,(H3,15,16). The maximum absolute atomic E-state index is 13.7. The SMILES string of the molecule is CCn1cc(COc2ccc(C(=N)N)cc2F)cn1. The Morgan fingerprint density at radius 3 is 2.89 bits per heavy atom. The van der Waals surface area contributed by atoms with Gasteiger partial charge >= 0.3 is 0 Å². The van der Waals surface area contributed by atoms with E-state index in [0.717, 1.165) is 12.1 Å². The van der Waals surface area contributed by atoms with Gasteiger partial charge in [-0.05, 0) is 25.1 Å². The van der Waals surface area contributed by atoms with Crippen molar-refractivity contribution in [2.24, 2.45) is 5.73 Å². The van der Waals surface area contributed by atoms with Crippen molar-refractivity contribution in [2.75, 3.05) is 0 Å². The maximum Gasteiger partial charge on any atom is 0.165 e. The lowest BCUT2D eigenvalue weighted by molar-refractivity contribution is 0.290. The van der Waals surface area contributed by atoms with E-state index >= 15 is 0 Å². The zero-order chi connectivity index (χ0) is 13.8. The van der Waals surface area contributed by atoms with Gasteiger partial charge in [-0.15, -0.1) is 0 Å². The third-order valence-electron chi connectivity index (χ3n) is 2.65. The first-order valence-corrected chi connectivity index (χ1v) is 5.88. The largest absolute Gasteiger partial charge is 0.486 e. The average Bonchev–Trinajstić information content (AvgIpc) is 2.85. The molecule has 0 saturated carbocycles. The van der Waals surface area contributed by atoms with Crippen molar-refractivity contribution in [2.45, 2.75) is 20.1 Å². The fourth-order valence-corrected chi connectivity index (χ4v) is 1.60. The number of benzene rings is 1. The normalized spacial score (nSPS) is 10.4. The number of rotatable bonds is 5. The highest BCUT2D eigenvalue weighted by atomic mass is 19.1. The van der Waals surface area contributed by atoms with Crippen LogP contribution in [0.2, 0.25) is 0 Å². The minimum atomic E-state index is -0.532. The van der Waals surface area contributed by atoms with E-state index in [-0.39, 0.29) is 18.2 Å². The van der Waals surface area contributed by atoms with Crippen LogP contribution in [0.1, 0.15) is 18.1 Å². The van der Waals surface area contributed by atoms with E-state index < -0.39 is 5.82 Å². The number of ether oxygens (including phenoxy) is 1. The summed E-state index contributed by atoms with van der Waals surface area (Å²) in [7, 11) is 0. The molecule has 19 heavy (non-hydrogen) atoms. The van der Waals surface area contributed by atoms with E-state index in [1.54, 1.807) is 16.9 Å². The first-order chi connectivity index (χ1) is 9.10. The van der Waals surface area contributed by atoms with Crippen LogP contribution in [0.15, 0.2) is 30.6 Å². The fraction of sp³-hybridized carbons (Fsp3) is 0.231. The van der Waals surface area contributed by atoms with E-state index in [4.69, 9.17) is 15.9 Å². The highest BCUT2D eigenvalue weighted by Gasteiger charge is 2.07. The number of halogens is 1. The van der Waals surface area contributed by atoms with Gasteiger partial charge in [0.25, 0.3) is 0 Å². The molecule has 0 atom stereocenters. The van der Waals surface area contributed by atoms with E-state index in [2.05, 4.69) is 5.10 Å². The lowest BCUT2D eigenvalue weighted by atomic mass is 10.2. The van der Waals surface area contributed by atoms with Crippen LogP contribution < -0.4 is 10.5 Å². The first-order valence-electron chi connectivity index (χ1n) is 5.88. The lowest BCUT2D eigenvalue weighted by Gasteiger charge is -2.07. The van der Waals surface area contributed by atoms with Gasteiger partial charge in [-0.25, -0.2) is 4.39 Å².